The van der Waals surface area contributed by atoms with Crippen LogP contribution in [0.15, 0.2) is 28.9 Å². The van der Waals surface area contributed by atoms with Crippen LogP contribution in [0, 0.1) is 0 Å². The molecule has 0 unspecified atom stereocenters. The van der Waals surface area contributed by atoms with Gasteiger partial charge in [0.2, 0.25) is 0 Å². The lowest BCUT2D eigenvalue weighted by atomic mass is 10.3. The van der Waals surface area contributed by atoms with Gasteiger partial charge in [0.1, 0.15) is 5.69 Å². The molecule has 0 radical (unpaired) electrons. The van der Waals surface area contributed by atoms with Gasteiger partial charge in [-0.2, -0.15) is 5.10 Å². The summed E-state index contributed by atoms with van der Waals surface area (Å²) in [4.78, 5) is 0. The van der Waals surface area contributed by atoms with Gasteiger partial charge in [-0.3, -0.25) is 4.68 Å². The molecule has 2 heterocycles. The van der Waals surface area contributed by atoms with Crippen LogP contribution in [0.1, 0.15) is 12.6 Å². The Balaban J connectivity index is 2.41. The summed E-state index contributed by atoms with van der Waals surface area (Å²) < 4.78 is 7.15. The number of nitrogens with two attached hydrogens (primary N) is 1. The van der Waals surface area contributed by atoms with Crippen LogP contribution in [0.2, 0.25) is 0 Å². The Morgan fingerprint density at radius 1 is 1.57 bits per heavy atom. The van der Waals surface area contributed by atoms with E-state index in [1.165, 1.54) is 0 Å². The van der Waals surface area contributed by atoms with Crippen LogP contribution < -0.4 is 5.73 Å². The van der Waals surface area contributed by atoms with E-state index in [0.29, 0.717) is 6.54 Å². The molecule has 0 amide bonds. The van der Waals surface area contributed by atoms with Gasteiger partial charge in [-0.15, -0.1) is 0 Å². The summed E-state index contributed by atoms with van der Waals surface area (Å²) in [6.45, 7) is 3.37. The van der Waals surface area contributed by atoms with Crippen molar-refractivity contribution in [3.63, 3.8) is 0 Å². The Morgan fingerprint density at radius 2 is 2.43 bits per heavy atom. The first-order chi connectivity index (χ1) is 6.85. The maximum Gasteiger partial charge on any atom is 0.154 e. The van der Waals surface area contributed by atoms with Crippen LogP contribution in [-0.2, 0) is 13.1 Å². The normalized spacial score (nSPS) is 10.7. The fourth-order valence-corrected chi connectivity index (χ4v) is 1.44. The minimum Gasteiger partial charge on any atom is -0.463 e. The summed E-state index contributed by atoms with van der Waals surface area (Å²) >= 11 is 0. The second-order valence-electron chi connectivity index (χ2n) is 3.02. The molecule has 0 saturated heterocycles. The van der Waals surface area contributed by atoms with E-state index in [1.807, 2.05) is 29.8 Å². The van der Waals surface area contributed by atoms with Gasteiger partial charge in [0.25, 0.3) is 0 Å². The zero-order valence-corrected chi connectivity index (χ0v) is 8.10. The van der Waals surface area contributed by atoms with Gasteiger partial charge in [0.15, 0.2) is 5.76 Å². The molecule has 2 aromatic heterocycles. The van der Waals surface area contributed by atoms with Crippen molar-refractivity contribution in [3.05, 3.63) is 30.2 Å². The van der Waals surface area contributed by atoms with E-state index in [0.717, 1.165) is 23.7 Å². The van der Waals surface area contributed by atoms with E-state index in [4.69, 9.17) is 10.2 Å². The molecular weight excluding hydrogens is 178 g/mol. The topological polar surface area (TPSA) is 57.0 Å². The van der Waals surface area contributed by atoms with Crippen molar-refractivity contribution in [1.82, 2.24) is 9.78 Å². The Kier molecular flexibility index (Phi) is 2.37. The van der Waals surface area contributed by atoms with Crippen molar-refractivity contribution in [1.29, 1.82) is 0 Å². The van der Waals surface area contributed by atoms with E-state index in [2.05, 4.69) is 5.10 Å². The highest BCUT2D eigenvalue weighted by Crippen LogP contribution is 2.19. The third-order valence-electron chi connectivity index (χ3n) is 2.15. The average Bonchev–Trinajstić information content (AvgIpc) is 2.85. The SMILES string of the molecule is CCn1nc(-c2ccco2)cc1CN. The van der Waals surface area contributed by atoms with Crippen molar-refractivity contribution < 1.29 is 4.42 Å². The number of hydrogen-bond acceptors (Lipinski definition) is 3. The molecule has 0 aromatic carbocycles. The number of rotatable bonds is 3. The molecule has 0 spiro atoms. The third-order valence-corrected chi connectivity index (χ3v) is 2.15. The summed E-state index contributed by atoms with van der Waals surface area (Å²) in [5, 5.41) is 4.38. The molecule has 0 fully saturated rings. The highest BCUT2D eigenvalue weighted by molar-refractivity contribution is 5.52. The fraction of sp³-hybridized carbons (Fsp3) is 0.300. The number of furan rings is 1. The van der Waals surface area contributed by atoms with Crippen molar-refractivity contribution in [2.24, 2.45) is 5.73 Å². The van der Waals surface area contributed by atoms with Gasteiger partial charge >= 0.3 is 0 Å². The molecule has 0 aliphatic heterocycles. The standard InChI is InChI=1S/C10H13N3O/c1-2-13-8(7-11)6-9(12-13)10-4-3-5-14-10/h3-6H,2,7,11H2,1H3. The minimum absolute atomic E-state index is 0.502. The Labute approximate surface area is 82.3 Å². The highest BCUT2D eigenvalue weighted by atomic mass is 16.3. The monoisotopic (exact) mass is 191 g/mol. The van der Waals surface area contributed by atoms with Gasteiger partial charge in [0, 0.05) is 13.1 Å². The van der Waals surface area contributed by atoms with Gasteiger partial charge in [-0.05, 0) is 25.1 Å². The summed E-state index contributed by atoms with van der Waals surface area (Å²) in [5.74, 6) is 0.784. The van der Waals surface area contributed by atoms with Crippen molar-refractivity contribution >= 4 is 0 Å². The molecule has 2 N–H and O–H groups in total. The molecule has 0 saturated carbocycles. The van der Waals surface area contributed by atoms with Crippen LogP contribution in [0.4, 0.5) is 0 Å². The lowest BCUT2D eigenvalue weighted by Crippen LogP contribution is -2.06. The fourth-order valence-electron chi connectivity index (χ4n) is 1.44. The first kappa shape index (κ1) is 9.02. The molecule has 4 nitrogen and oxygen atoms in total. The number of nitrogens with zero attached hydrogens (tertiary/aromatic N) is 2. The van der Waals surface area contributed by atoms with Gasteiger partial charge in [-0.25, -0.2) is 0 Å². The van der Waals surface area contributed by atoms with E-state index >= 15 is 0 Å². The summed E-state index contributed by atoms with van der Waals surface area (Å²) in [7, 11) is 0. The maximum absolute atomic E-state index is 5.60. The van der Waals surface area contributed by atoms with Crippen LogP contribution in [0.3, 0.4) is 0 Å². The number of aromatic nitrogens is 2. The number of hydrogen-bond donors (Lipinski definition) is 1. The zero-order valence-electron chi connectivity index (χ0n) is 8.10. The van der Waals surface area contributed by atoms with Crippen molar-refractivity contribution in [2.45, 2.75) is 20.0 Å². The molecule has 14 heavy (non-hydrogen) atoms. The van der Waals surface area contributed by atoms with Crippen molar-refractivity contribution in [2.75, 3.05) is 0 Å². The Morgan fingerprint density at radius 3 is 2.93 bits per heavy atom. The zero-order chi connectivity index (χ0) is 9.97. The van der Waals surface area contributed by atoms with Crippen LogP contribution >= 0.6 is 0 Å². The van der Waals surface area contributed by atoms with Crippen LogP contribution in [0.5, 0.6) is 0 Å². The minimum atomic E-state index is 0.502. The van der Waals surface area contributed by atoms with Gasteiger partial charge in [0.05, 0.1) is 12.0 Å². The maximum atomic E-state index is 5.60. The summed E-state index contributed by atoms with van der Waals surface area (Å²) in [6.07, 6.45) is 1.64. The van der Waals surface area contributed by atoms with Crippen molar-refractivity contribution in [3.8, 4) is 11.5 Å². The molecule has 0 aliphatic rings. The first-order valence-electron chi connectivity index (χ1n) is 4.65. The molecule has 2 aromatic rings. The molecule has 4 heteroatoms. The predicted octanol–water partition coefficient (Wildman–Crippen LogP) is 1.62. The Hall–Kier alpha value is -1.55. The number of aryl methyl sites for hydroxylation is 1. The first-order valence-corrected chi connectivity index (χ1v) is 4.65. The average molecular weight is 191 g/mol. The molecule has 0 aliphatic carbocycles. The smallest absolute Gasteiger partial charge is 0.154 e. The lowest BCUT2D eigenvalue weighted by molar-refractivity contribution is 0.573. The van der Waals surface area contributed by atoms with Gasteiger partial charge in [-0.1, -0.05) is 0 Å². The summed E-state index contributed by atoms with van der Waals surface area (Å²) in [6, 6.07) is 5.70. The van der Waals surface area contributed by atoms with Crippen LogP contribution in [0.25, 0.3) is 11.5 Å². The second-order valence-corrected chi connectivity index (χ2v) is 3.02. The van der Waals surface area contributed by atoms with E-state index in [-0.39, 0.29) is 0 Å². The molecular formula is C10H13N3O. The second kappa shape index (κ2) is 3.67. The molecule has 0 atom stereocenters. The molecule has 0 bridgehead atoms. The highest BCUT2D eigenvalue weighted by Gasteiger charge is 2.08. The van der Waals surface area contributed by atoms with E-state index in [1.54, 1.807) is 6.26 Å². The van der Waals surface area contributed by atoms with Crippen LogP contribution in [-0.4, -0.2) is 9.78 Å². The van der Waals surface area contributed by atoms with E-state index < -0.39 is 0 Å². The quantitative estimate of drug-likeness (QED) is 0.802. The third kappa shape index (κ3) is 1.44. The van der Waals surface area contributed by atoms with E-state index in [9.17, 15) is 0 Å². The molecule has 74 valence electrons. The Bertz CT molecular complexity index is 381. The lowest BCUT2D eigenvalue weighted by Gasteiger charge is -1.98. The molecule has 2 rings (SSSR count). The summed E-state index contributed by atoms with van der Waals surface area (Å²) in [5.41, 5.74) is 7.47. The van der Waals surface area contributed by atoms with Gasteiger partial charge < -0.3 is 10.2 Å². The predicted molar refractivity (Wildman–Crippen MR) is 53.5 cm³/mol. The largest absolute Gasteiger partial charge is 0.463 e.